The Kier molecular flexibility index (Phi) is 4.93. The van der Waals surface area contributed by atoms with Gasteiger partial charge in [0, 0.05) is 12.1 Å². The van der Waals surface area contributed by atoms with E-state index >= 15 is 0 Å². The minimum atomic E-state index is -0.446. The molecule has 0 aromatic heterocycles. The maximum absolute atomic E-state index is 10.8. The highest BCUT2D eigenvalue weighted by Crippen LogP contribution is 2.30. The highest BCUT2D eigenvalue weighted by atomic mass is 35.5. The minimum Gasteiger partial charge on any atom is -0.316 e. The third-order valence-corrected chi connectivity index (χ3v) is 3.72. The number of nitrogens with zero attached hydrogens (tertiary/aromatic N) is 1. The first kappa shape index (κ1) is 15.9. The number of nitro groups is 1. The van der Waals surface area contributed by atoms with Crippen LogP contribution in [-0.4, -0.2) is 18.0 Å². The molecule has 0 aliphatic carbocycles. The van der Waals surface area contributed by atoms with Crippen molar-refractivity contribution in [1.82, 2.24) is 5.32 Å². The van der Waals surface area contributed by atoms with E-state index in [9.17, 15) is 10.1 Å². The third-order valence-electron chi connectivity index (χ3n) is 3.42. The lowest BCUT2D eigenvalue weighted by Crippen LogP contribution is -2.39. The van der Waals surface area contributed by atoms with Gasteiger partial charge in [0.05, 0.1) is 4.92 Å². The van der Waals surface area contributed by atoms with E-state index in [0.717, 1.165) is 17.5 Å². The van der Waals surface area contributed by atoms with Crippen LogP contribution in [0.5, 0.6) is 0 Å². The van der Waals surface area contributed by atoms with Crippen molar-refractivity contribution in [2.24, 2.45) is 5.41 Å². The standard InChI is InChI=1S/C14H21ClN2O2/c1-9-6-12(17(18)19)11(15)7-10(9)8-13(16-5)14(2,3)4/h6-7,13,16H,8H2,1-5H3. The molecule has 0 amide bonds. The molecular weight excluding hydrogens is 264 g/mol. The van der Waals surface area contributed by atoms with Gasteiger partial charge in [0.15, 0.2) is 0 Å². The van der Waals surface area contributed by atoms with Gasteiger partial charge in [-0.3, -0.25) is 10.1 Å². The molecule has 19 heavy (non-hydrogen) atoms. The summed E-state index contributed by atoms with van der Waals surface area (Å²) in [6, 6.07) is 3.54. The summed E-state index contributed by atoms with van der Waals surface area (Å²) in [5.74, 6) is 0. The van der Waals surface area contributed by atoms with Crippen molar-refractivity contribution in [3.63, 3.8) is 0 Å². The van der Waals surface area contributed by atoms with E-state index in [-0.39, 0.29) is 22.2 Å². The fourth-order valence-corrected chi connectivity index (χ4v) is 2.38. The second-order valence-corrected chi connectivity index (χ2v) is 6.31. The van der Waals surface area contributed by atoms with Crippen LogP contribution >= 0.6 is 11.6 Å². The summed E-state index contributed by atoms with van der Waals surface area (Å²) in [5.41, 5.74) is 2.03. The summed E-state index contributed by atoms with van der Waals surface area (Å²) >= 11 is 5.98. The van der Waals surface area contributed by atoms with Crippen molar-refractivity contribution in [3.05, 3.63) is 38.4 Å². The van der Waals surface area contributed by atoms with Gasteiger partial charge < -0.3 is 5.32 Å². The lowest BCUT2D eigenvalue weighted by Gasteiger charge is -2.31. The molecule has 1 aromatic rings. The van der Waals surface area contributed by atoms with Gasteiger partial charge in [-0.05, 0) is 43.0 Å². The van der Waals surface area contributed by atoms with E-state index < -0.39 is 4.92 Å². The molecule has 0 aliphatic heterocycles. The summed E-state index contributed by atoms with van der Waals surface area (Å²) in [5, 5.41) is 14.3. The Labute approximate surface area is 119 Å². The van der Waals surface area contributed by atoms with Crippen LogP contribution in [-0.2, 0) is 6.42 Å². The molecule has 1 N–H and O–H groups in total. The molecule has 0 heterocycles. The molecule has 1 rings (SSSR count). The summed E-state index contributed by atoms with van der Waals surface area (Å²) in [7, 11) is 1.93. The van der Waals surface area contributed by atoms with Gasteiger partial charge in [0.2, 0.25) is 0 Å². The number of rotatable bonds is 4. The van der Waals surface area contributed by atoms with Crippen LogP contribution in [0.15, 0.2) is 12.1 Å². The van der Waals surface area contributed by atoms with E-state index in [1.807, 2.05) is 14.0 Å². The maximum Gasteiger partial charge on any atom is 0.288 e. The molecule has 0 spiro atoms. The predicted octanol–water partition coefficient (Wildman–Crippen LogP) is 3.73. The Morgan fingerprint density at radius 2 is 2.00 bits per heavy atom. The van der Waals surface area contributed by atoms with Gasteiger partial charge in [-0.2, -0.15) is 0 Å². The van der Waals surface area contributed by atoms with E-state index in [0.29, 0.717) is 0 Å². The molecule has 106 valence electrons. The highest BCUT2D eigenvalue weighted by molar-refractivity contribution is 6.32. The van der Waals surface area contributed by atoms with Crippen molar-refractivity contribution in [2.75, 3.05) is 7.05 Å². The minimum absolute atomic E-state index is 0.0281. The van der Waals surface area contributed by atoms with E-state index in [1.54, 1.807) is 12.1 Å². The molecular formula is C14H21ClN2O2. The van der Waals surface area contributed by atoms with Crippen molar-refractivity contribution in [2.45, 2.75) is 40.2 Å². The smallest absolute Gasteiger partial charge is 0.288 e. The van der Waals surface area contributed by atoms with Crippen LogP contribution in [0.2, 0.25) is 5.02 Å². The summed E-state index contributed by atoms with van der Waals surface area (Å²) in [6.07, 6.45) is 0.795. The molecule has 0 saturated heterocycles. The van der Waals surface area contributed by atoms with Gasteiger partial charge in [-0.25, -0.2) is 0 Å². The third kappa shape index (κ3) is 3.91. The summed E-state index contributed by atoms with van der Waals surface area (Å²) in [6.45, 7) is 8.37. The van der Waals surface area contributed by atoms with Crippen molar-refractivity contribution < 1.29 is 4.92 Å². The molecule has 0 radical (unpaired) electrons. The SMILES string of the molecule is CNC(Cc1cc(Cl)c([N+](=O)[O-])cc1C)C(C)(C)C. The summed E-state index contributed by atoms with van der Waals surface area (Å²) in [4.78, 5) is 10.4. The van der Waals surface area contributed by atoms with Crippen LogP contribution < -0.4 is 5.32 Å². The zero-order valence-corrected chi connectivity index (χ0v) is 12.8. The number of halogens is 1. The van der Waals surface area contributed by atoms with Crippen LogP contribution in [0.3, 0.4) is 0 Å². The van der Waals surface area contributed by atoms with Gasteiger partial charge in [-0.1, -0.05) is 32.4 Å². The van der Waals surface area contributed by atoms with Gasteiger partial charge in [0.1, 0.15) is 5.02 Å². The zero-order valence-electron chi connectivity index (χ0n) is 12.1. The number of hydrogen-bond donors (Lipinski definition) is 1. The molecule has 1 aromatic carbocycles. The summed E-state index contributed by atoms with van der Waals surface area (Å²) < 4.78 is 0. The van der Waals surface area contributed by atoms with Crippen molar-refractivity contribution in [1.29, 1.82) is 0 Å². The van der Waals surface area contributed by atoms with Crippen molar-refractivity contribution in [3.8, 4) is 0 Å². The van der Waals surface area contributed by atoms with E-state index in [4.69, 9.17) is 11.6 Å². The Morgan fingerprint density at radius 1 is 1.42 bits per heavy atom. The number of likely N-dealkylation sites (N-methyl/N-ethyl adjacent to an activating group) is 1. The first-order chi connectivity index (χ1) is 8.66. The quantitative estimate of drug-likeness (QED) is 0.677. The average Bonchev–Trinajstić information content (AvgIpc) is 2.27. The average molecular weight is 285 g/mol. The molecule has 0 fully saturated rings. The Hall–Kier alpha value is -1.13. The topological polar surface area (TPSA) is 55.2 Å². The largest absolute Gasteiger partial charge is 0.316 e. The second kappa shape index (κ2) is 5.88. The lowest BCUT2D eigenvalue weighted by atomic mass is 9.82. The van der Waals surface area contributed by atoms with Crippen molar-refractivity contribution >= 4 is 17.3 Å². The number of benzene rings is 1. The number of nitro benzene ring substituents is 1. The fourth-order valence-electron chi connectivity index (χ4n) is 2.13. The molecule has 1 unspecified atom stereocenters. The molecule has 0 bridgehead atoms. The Balaban J connectivity index is 3.09. The molecule has 5 heteroatoms. The van der Waals surface area contributed by atoms with E-state index in [2.05, 4.69) is 26.1 Å². The van der Waals surface area contributed by atoms with Gasteiger partial charge in [-0.15, -0.1) is 0 Å². The van der Waals surface area contributed by atoms with Crippen LogP contribution in [0, 0.1) is 22.5 Å². The molecule has 4 nitrogen and oxygen atoms in total. The van der Waals surface area contributed by atoms with E-state index in [1.165, 1.54) is 0 Å². The molecule has 1 atom stereocenters. The Bertz CT molecular complexity index is 481. The van der Waals surface area contributed by atoms with Gasteiger partial charge in [0.25, 0.3) is 5.69 Å². The number of aryl methyl sites for hydroxylation is 1. The molecule has 0 saturated carbocycles. The lowest BCUT2D eigenvalue weighted by molar-refractivity contribution is -0.384. The Morgan fingerprint density at radius 3 is 2.42 bits per heavy atom. The first-order valence-electron chi connectivity index (χ1n) is 6.27. The van der Waals surface area contributed by atoms with Crippen LogP contribution in [0.25, 0.3) is 0 Å². The van der Waals surface area contributed by atoms with Crippen LogP contribution in [0.4, 0.5) is 5.69 Å². The number of hydrogen-bond acceptors (Lipinski definition) is 3. The zero-order chi connectivity index (χ0) is 14.8. The molecule has 0 aliphatic rings. The fraction of sp³-hybridized carbons (Fsp3) is 0.571. The maximum atomic E-state index is 10.8. The van der Waals surface area contributed by atoms with Crippen LogP contribution in [0.1, 0.15) is 31.9 Å². The predicted molar refractivity (Wildman–Crippen MR) is 78.9 cm³/mol. The van der Waals surface area contributed by atoms with Gasteiger partial charge >= 0.3 is 0 Å². The highest BCUT2D eigenvalue weighted by Gasteiger charge is 2.25. The second-order valence-electron chi connectivity index (χ2n) is 5.90. The number of nitrogens with one attached hydrogen (secondary N) is 1. The first-order valence-corrected chi connectivity index (χ1v) is 6.65. The normalized spacial score (nSPS) is 13.4. The monoisotopic (exact) mass is 284 g/mol.